The molecule has 0 saturated heterocycles. The van der Waals surface area contributed by atoms with Gasteiger partial charge in [-0.3, -0.25) is 0 Å². The number of rotatable bonds is 6. The first kappa shape index (κ1) is 15.1. The van der Waals surface area contributed by atoms with E-state index >= 15 is 0 Å². The minimum atomic E-state index is -0.403. The molecule has 1 unspecified atom stereocenters. The van der Waals surface area contributed by atoms with Crippen molar-refractivity contribution in [3.8, 4) is 0 Å². The summed E-state index contributed by atoms with van der Waals surface area (Å²) in [6.07, 6.45) is 1.83. The Kier molecular flexibility index (Phi) is 5.26. The first-order valence-electron chi connectivity index (χ1n) is 6.92. The Hall–Kier alpha value is -1.26. The average molecular weight is 295 g/mol. The van der Waals surface area contributed by atoms with Crippen molar-refractivity contribution in [2.75, 3.05) is 6.54 Å². The van der Waals surface area contributed by atoms with Crippen molar-refractivity contribution in [1.82, 2.24) is 5.32 Å². The summed E-state index contributed by atoms with van der Waals surface area (Å²) in [5.41, 5.74) is 1.57. The third kappa shape index (κ3) is 3.25. The molecule has 1 nitrogen and oxygen atoms in total. The van der Waals surface area contributed by atoms with E-state index in [1.165, 1.54) is 17.7 Å². The first-order chi connectivity index (χ1) is 9.67. The van der Waals surface area contributed by atoms with E-state index in [-0.39, 0.29) is 11.9 Å². The highest BCUT2D eigenvalue weighted by Crippen LogP contribution is 2.32. The molecule has 1 aromatic carbocycles. The summed E-state index contributed by atoms with van der Waals surface area (Å²) in [5, 5.41) is 5.34. The van der Waals surface area contributed by atoms with Gasteiger partial charge >= 0.3 is 0 Å². The van der Waals surface area contributed by atoms with Gasteiger partial charge in [-0.05, 0) is 54.6 Å². The lowest BCUT2D eigenvalue weighted by atomic mass is 10.0. The van der Waals surface area contributed by atoms with Crippen LogP contribution in [0.3, 0.4) is 0 Å². The highest BCUT2D eigenvalue weighted by molar-refractivity contribution is 7.10. The van der Waals surface area contributed by atoms with Crippen LogP contribution >= 0.6 is 11.3 Å². The predicted octanol–water partition coefficient (Wildman–Crippen LogP) is 4.68. The lowest BCUT2D eigenvalue weighted by molar-refractivity contribution is 0.537. The van der Waals surface area contributed by atoms with Crippen molar-refractivity contribution in [3.63, 3.8) is 0 Å². The number of halogens is 2. The largest absolute Gasteiger partial charge is 0.305 e. The van der Waals surface area contributed by atoms with Gasteiger partial charge in [0.15, 0.2) is 0 Å². The number of hydrogen-bond acceptors (Lipinski definition) is 2. The van der Waals surface area contributed by atoms with E-state index in [1.54, 1.807) is 11.3 Å². The topological polar surface area (TPSA) is 12.0 Å². The summed E-state index contributed by atoms with van der Waals surface area (Å²) < 4.78 is 27.5. The smallest absolute Gasteiger partial charge is 0.128 e. The maximum atomic E-state index is 14.1. The summed E-state index contributed by atoms with van der Waals surface area (Å²) in [4.78, 5) is 1.07. The van der Waals surface area contributed by atoms with Crippen LogP contribution in [-0.4, -0.2) is 6.54 Å². The SMILES string of the molecule is CCCNC(c1cc(F)ccc1F)c1sccc1CC. The number of benzene rings is 1. The van der Waals surface area contributed by atoms with Crippen LogP contribution in [0.15, 0.2) is 29.6 Å². The molecule has 2 rings (SSSR count). The van der Waals surface area contributed by atoms with Gasteiger partial charge in [0.25, 0.3) is 0 Å². The fourth-order valence-corrected chi connectivity index (χ4v) is 3.35. The molecule has 0 bridgehead atoms. The molecule has 0 spiro atoms. The Morgan fingerprint density at radius 2 is 2.00 bits per heavy atom. The van der Waals surface area contributed by atoms with Crippen LogP contribution in [0.25, 0.3) is 0 Å². The molecule has 2 aromatic rings. The lowest BCUT2D eigenvalue weighted by Crippen LogP contribution is -2.24. The molecular weight excluding hydrogens is 276 g/mol. The van der Waals surface area contributed by atoms with Crippen molar-refractivity contribution >= 4 is 11.3 Å². The van der Waals surface area contributed by atoms with Crippen LogP contribution < -0.4 is 5.32 Å². The molecule has 0 aliphatic carbocycles. The maximum absolute atomic E-state index is 14.1. The Balaban J connectivity index is 2.44. The van der Waals surface area contributed by atoms with E-state index in [4.69, 9.17) is 0 Å². The standard InChI is InChI=1S/C16H19F2NS/c1-3-8-19-15(16-11(4-2)7-9-20-16)13-10-12(17)5-6-14(13)18/h5-7,9-10,15,19H,3-4,8H2,1-2H3. The zero-order valence-electron chi connectivity index (χ0n) is 11.7. The second-order valence-electron chi connectivity index (χ2n) is 4.72. The zero-order valence-corrected chi connectivity index (χ0v) is 12.6. The Morgan fingerprint density at radius 3 is 2.70 bits per heavy atom. The second kappa shape index (κ2) is 6.95. The van der Waals surface area contributed by atoms with Gasteiger partial charge in [0.1, 0.15) is 11.6 Å². The third-order valence-electron chi connectivity index (χ3n) is 3.29. The van der Waals surface area contributed by atoms with Gasteiger partial charge in [-0.15, -0.1) is 11.3 Å². The first-order valence-corrected chi connectivity index (χ1v) is 7.79. The molecule has 1 N–H and O–H groups in total. The molecule has 0 fully saturated rings. The van der Waals surface area contributed by atoms with Crippen LogP contribution in [0.2, 0.25) is 0 Å². The highest BCUT2D eigenvalue weighted by Gasteiger charge is 2.21. The predicted molar refractivity (Wildman–Crippen MR) is 80.2 cm³/mol. The molecule has 4 heteroatoms. The summed E-state index contributed by atoms with van der Waals surface area (Å²) in [6, 6.07) is 5.43. The Morgan fingerprint density at radius 1 is 1.20 bits per heavy atom. The number of thiophene rings is 1. The molecule has 0 saturated carbocycles. The van der Waals surface area contributed by atoms with Gasteiger partial charge in [-0.25, -0.2) is 8.78 Å². The van der Waals surface area contributed by atoms with Crippen LogP contribution in [0.5, 0.6) is 0 Å². The Bertz CT molecular complexity index is 565. The second-order valence-corrected chi connectivity index (χ2v) is 5.66. The molecule has 108 valence electrons. The monoisotopic (exact) mass is 295 g/mol. The molecule has 0 amide bonds. The summed E-state index contributed by atoms with van der Waals surface area (Å²) in [5.74, 6) is -0.769. The van der Waals surface area contributed by atoms with Gasteiger partial charge in [0.05, 0.1) is 6.04 Å². The van der Waals surface area contributed by atoms with E-state index in [0.717, 1.165) is 30.3 Å². The van der Waals surface area contributed by atoms with Crippen LogP contribution in [0.1, 0.15) is 42.3 Å². The van der Waals surface area contributed by atoms with Gasteiger partial charge < -0.3 is 5.32 Å². The van der Waals surface area contributed by atoms with E-state index in [0.29, 0.717) is 5.56 Å². The van der Waals surface area contributed by atoms with Crippen molar-refractivity contribution in [2.45, 2.75) is 32.7 Å². The van der Waals surface area contributed by atoms with Crippen molar-refractivity contribution in [3.05, 3.63) is 57.3 Å². The molecule has 0 aliphatic heterocycles. The van der Waals surface area contributed by atoms with Crippen LogP contribution in [0.4, 0.5) is 8.78 Å². The van der Waals surface area contributed by atoms with E-state index in [2.05, 4.69) is 25.2 Å². The normalized spacial score (nSPS) is 12.6. The molecule has 1 aromatic heterocycles. The number of aryl methyl sites for hydroxylation is 1. The van der Waals surface area contributed by atoms with Crippen molar-refractivity contribution in [1.29, 1.82) is 0 Å². The van der Waals surface area contributed by atoms with Gasteiger partial charge in [0.2, 0.25) is 0 Å². The summed E-state index contributed by atoms with van der Waals surface area (Å²) >= 11 is 1.59. The van der Waals surface area contributed by atoms with E-state index in [1.807, 2.05) is 5.38 Å². The minimum Gasteiger partial charge on any atom is -0.305 e. The Labute approximate surface area is 122 Å². The third-order valence-corrected chi connectivity index (χ3v) is 4.32. The molecule has 20 heavy (non-hydrogen) atoms. The minimum absolute atomic E-state index is 0.277. The fourth-order valence-electron chi connectivity index (χ4n) is 2.26. The molecule has 0 radical (unpaired) electrons. The number of hydrogen-bond donors (Lipinski definition) is 1. The van der Waals surface area contributed by atoms with E-state index < -0.39 is 5.82 Å². The quantitative estimate of drug-likeness (QED) is 0.816. The van der Waals surface area contributed by atoms with Crippen LogP contribution in [-0.2, 0) is 6.42 Å². The van der Waals surface area contributed by atoms with Crippen LogP contribution in [0, 0.1) is 11.6 Å². The lowest BCUT2D eigenvalue weighted by Gasteiger charge is -2.20. The van der Waals surface area contributed by atoms with Crippen molar-refractivity contribution < 1.29 is 8.78 Å². The fraction of sp³-hybridized carbons (Fsp3) is 0.375. The van der Waals surface area contributed by atoms with Gasteiger partial charge in [0, 0.05) is 10.4 Å². The van der Waals surface area contributed by atoms with Gasteiger partial charge in [-0.2, -0.15) is 0 Å². The maximum Gasteiger partial charge on any atom is 0.128 e. The molecular formula is C16H19F2NS. The highest BCUT2D eigenvalue weighted by atomic mass is 32.1. The average Bonchev–Trinajstić information content (AvgIpc) is 2.91. The molecule has 1 atom stereocenters. The summed E-state index contributed by atoms with van der Waals surface area (Å²) in [7, 11) is 0. The summed E-state index contributed by atoms with van der Waals surface area (Å²) in [6.45, 7) is 4.90. The molecule has 1 heterocycles. The van der Waals surface area contributed by atoms with E-state index in [9.17, 15) is 8.78 Å². The molecule has 0 aliphatic rings. The van der Waals surface area contributed by atoms with Crippen molar-refractivity contribution in [2.24, 2.45) is 0 Å². The zero-order chi connectivity index (χ0) is 14.5. The number of nitrogens with one attached hydrogen (secondary N) is 1. The van der Waals surface area contributed by atoms with Gasteiger partial charge in [-0.1, -0.05) is 13.8 Å².